The summed E-state index contributed by atoms with van der Waals surface area (Å²) in [6.07, 6.45) is 6.87. The first kappa shape index (κ1) is 12.2. The van der Waals surface area contributed by atoms with Crippen LogP contribution in [0, 0.1) is 0 Å². The van der Waals surface area contributed by atoms with E-state index in [1.165, 1.54) is 37.9 Å². The van der Waals surface area contributed by atoms with Crippen LogP contribution in [0.1, 0.15) is 32.1 Å². The summed E-state index contributed by atoms with van der Waals surface area (Å²) < 4.78 is 0. The normalized spacial score (nSPS) is 22.5. The maximum absolute atomic E-state index is 4.47. The van der Waals surface area contributed by atoms with Crippen LogP contribution in [0.2, 0.25) is 0 Å². The van der Waals surface area contributed by atoms with E-state index in [-0.39, 0.29) is 0 Å². The van der Waals surface area contributed by atoms with Crippen molar-refractivity contribution in [1.82, 2.24) is 10.2 Å². The number of aliphatic imine (C=N–C) groups is 1. The topological polar surface area (TPSA) is 27.6 Å². The third-order valence-electron chi connectivity index (χ3n) is 3.49. The van der Waals surface area contributed by atoms with Gasteiger partial charge in [0, 0.05) is 31.4 Å². The van der Waals surface area contributed by atoms with E-state index in [1.54, 1.807) is 0 Å². The summed E-state index contributed by atoms with van der Waals surface area (Å²) in [6, 6.07) is 0.836. The lowest BCUT2D eigenvalue weighted by molar-refractivity contribution is 0.249. The number of rotatable bonds is 4. The molecule has 1 saturated carbocycles. The molecule has 1 heterocycles. The molecule has 92 valence electrons. The molecule has 0 radical (unpaired) electrons. The van der Waals surface area contributed by atoms with Gasteiger partial charge in [-0.15, -0.1) is 0 Å². The van der Waals surface area contributed by atoms with Gasteiger partial charge in [0.2, 0.25) is 0 Å². The second-order valence-corrected chi connectivity index (χ2v) is 5.82. The minimum absolute atomic E-state index is 0.836. The summed E-state index contributed by atoms with van der Waals surface area (Å²) in [7, 11) is 2.26. The third-order valence-corrected chi connectivity index (χ3v) is 4.53. The molecule has 2 aliphatic rings. The number of likely N-dealkylation sites (N-methyl/N-ethyl adjacent to an activating group) is 1. The Balaban J connectivity index is 1.61. The molecule has 0 saturated heterocycles. The fraction of sp³-hybridized carbons (Fsp3) is 0.917. The molecule has 1 aliphatic carbocycles. The van der Waals surface area contributed by atoms with Crippen molar-refractivity contribution in [2.24, 2.45) is 4.99 Å². The molecule has 0 aromatic carbocycles. The summed E-state index contributed by atoms with van der Waals surface area (Å²) in [5, 5.41) is 4.61. The molecular weight excluding hydrogens is 218 g/mol. The lowest BCUT2D eigenvalue weighted by Gasteiger charge is -2.24. The Morgan fingerprint density at radius 2 is 2.19 bits per heavy atom. The number of hydrogen-bond donors (Lipinski definition) is 1. The molecule has 16 heavy (non-hydrogen) atoms. The van der Waals surface area contributed by atoms with Gasteiger partial charge in [-0.2, -0.15) is 0 Å². The highest BCUT2D eigenvalue weighted by Crippen LogP contribution is 2.21. The smallest absolute Gasteiger partial charge is 0.156 e. The number of nitrogens with zero attached hydrogens (tertiary/aromatic N) is 2. The van der Waals surface area contributed by atoms with Gasteiger partial charge >= 0.3 is 0 Å². The van der Waals surface area contributed by atoms with Crippen molar-refractivity contribution in [2.45, 2.75) is 38.1 Å². The lowest BCUT2D eigenvalue weighted by Crippen LogP contribution is -2.37. The van der Waals surface area contributed by atoms with Crippen LogP contribution in [-0.2, 0) is 0 Å². The van der Waals surface area contributed by atoms with Crippen molar-refractivity contribution >= 4 is 16.9 Å². The van der Waals surface area contributed by atoms with Crippen LogP contribution in [0.3, 0.4) is 0 Å². The monoisotopic (exact) mass is 241 g/mol. The highest BCUT2D eigenvalue weighted by molar-refractivity contribution is 8.13. The Morgan fingerprint density at radius 1 is 1.38 bits per heavy atom. The van der Waals surface area contributed by atoms with Crippen molar-refractivity contribution in [3.63, 3.8) is 0 Å². The van der Waals surface area contributed by atoms with Gasteiger partial charge in [-0.1, -0.05) is 24.6 Å². The molecule has 4 heteroatoms. The predicted molar refractivity (Wildman–Crippen MR) is 72.3 cm³/mol. The highest BCUT2D eigenvalue weighted by atomic mass is 32.2. The van der Waals surface area contributed by atoms with E-state index in [2.05, 4.69) is 22.3 Å². The highest BCUT2D eigenvalue weighted by Gasteiger charge is 2.18. The van der Waals surface area contributed by atoms with Crippen LogP contribution in [0.15, 0.2) is 4.99 Å². The van der Waals surface area contributed by atoms with Crippen LogP contribution >= 0.6 is 11.8 Å². The molecule has 2 rings (SSSR count). The Bertz CT molecular complexity index is 236. The fourth-order valence-corrected chi connectivity index (χ4v) is 3.29. The van der Waals surface area contributed by atoms with E-state index < -0.39 is 0 Å². The molecule has 3 nitrogen and oxygen atoms in total. The van der Waals surface area contributed by atoms with E-state index >= 15 is 0 Å². The molecule has 0 bridgehead atoms. The molecule has 1 fully saturated rings. The van der Waals surface area contributed by atoms with E-state index in [1.807, 2.05) is 11.8 Å². The van der Waals surface area contributed by atoms with Gasteiger partial charge in [-0.05, 0) is 26.3 Å². The van der Waals surface area contributed by atoms with Crippen LogP contribution in [-0.4, -0.2) is 48.5 Å². The first-order valence-electron chi connectivity index (χ1n) is 6.47. The zero-order chi connectivity index (χ0) is 11.2. The first-order chi connectivity index (χ1) is 7.86. The molecule has 1 aliphatic heterocycles. The molecule has 0 unspecified atom stereocenters. The summed E-state index contributed by atoms with van der Waals surface area (Å²) in [5.41, 5.74) is 0. The number of thioether (sulfide) groups is 1. The predicted octanol–water partition coefficient (Wildman–Crippen LogP) is 1.94. The van der Waals surface area contributed by atoms with E-state index in [0.717, 1.165) is 30.8 Å². The van der Waals surface area contributed by atoms with Crippen LogP contribution in [0.25, 0.3) is 0 Å². The standard InChI is InChI=1S/C12H23N3S/c1-15(11-5-2-3-6-11)9-8-14-12-13-7-4-10-16-12/h11H,2-10H2,1H3,(H,13,14). The zero-order valence-corrected chi connectivity index (χ0v) is 11.1. The summed E-state index contributed by atoms with van der Waals surface area (Å²) in [6.45, 7) is 3.19. The molecular formula is C12H23N3S. The van der Waals surface area contributed by atoms with Crippen LogP contribution < -0.4 is 5.32 Å². The molecule has 0 amide bonds. The van der Waals surface area contributed by atoms with Gasteiger partial charge in [0.05, 0.1) is 0 Å². The van der Waals surface area contributed by atoms with Crippen molar-refractivity contribution in [3.05, 3.63) is 0 Å². The van der Waals surface area contributed by atoms with Crippen molar-refractivity contribution in [1.29, 1.82) is 0 Å². The maximum atomic E-state index is 4.47. The van der Waals surface area contributed by atoms with Crippen molar-refractivity contribution < 1.29 is 0 Å². The van der Waals surface area contributed by atoms with Gasteiger partial charge in [-0.3, -0.25) is 4.99 Å². The maximum Gasteiger partial charge on any atom is 0.156 e. The minimum atomic E-state index is 0.836. The second kappa shape index (κ2) is 6.50. The fourth-order valence-electron chi connectivity index (χ4n) is 2.43. The Morgan fingerprint density at radius 3 is 2.88 bits per heavy atom. The van der Waals surface area contributed by atoms with E-state index in [0.29, 0.717) is 0 Å². The number of nitrogens with one attached hydrogen (secondary N) is 1. The Labute approximate surface area is 103 Å². The molecule has 0 spiro atoms. The number of amidine groups is 1. The van der Waals surface area contributed by atoms with Gasteiger partial charge in [0.15, 0.2) is 5.17 Å². The van der Waals surface area contributed by atoms with E-state index in [4.69, 9.17) is 0 Å². The number of hydrogen-bond acceptors (Lipinski definition) is 4. The van der Waals surface area contributed by atoms with Crippen molar-refractivity contribution in [2.75, 3.05) is 32.4 Å². The summed E-state index contributed by atoms with van der Waals surface area (Å²) in [4.78, 5) is 6.98. The van der Waals surface area contributed by atoms with Gasteiger partial charge in [0.1, 0.15) is 0 Å². The SMILES string of the molecule is CN(CCNC1=NCCCS1)C1CCCC1. The second-order valence-electron chi connectivity index (χ2n) is 4.73. The quantitative estimate of drug-likeness (QED) is 0.815. The van der Waals surface area contributed by atoms with E-state index in [9.17, 15) is 0 Å². The first-order valence-corrected chi connectivity index (χ1v) is 7.46. The van der Waals surface area contributed by atoms with Gasteiger partial charge in [0.25, 0.3) is 0 Å². The largest absolute Gasteiger partial charge is 0.364 e. The molecule has 0 atom stereocenters. The Kier molecular flexibility index (Phi) is 4.97. The summed E-state index contributed by atoms with van der Waals surface area (Å²) >= 11 is 1.87. The molecule has 1 N–H and O–H groups in total. The molecule has 0 aromatic rings. The molecule has 0 aromatic heterocycles. The average molecular weight is 241 g/mol. The van der Waals surface area contributed by atoms with Gasteiger partial charge < -0.3 is 10.2 Å². The van der Waals surface area contributed by atoms with Crippen molar-refractivity contribution in [3.8, 4) is 0 Å². The van der Waals surface area contributed by atoms with Crippen LogP contribution in [0.5, 0.6) is 0 Å². The summed E-state index contributed by atoms with van der Waals surface area (Å²) in [5.74, 6) is 1.23. The average Bonchev–Trinajstić information content (AvgIpc) is 2.84. The third kappa shape index (κ3) is 3.67. The minimum Gasteiger partial charge on any atom is -0.364 e. The van der Waals surface area contributed by atoms with Crippen LogP contribution in [0.4, 0.5) is 0 Å². The zero-order valence-electron chi connectivity index (χ0n) is 10.2. The Hall–Kier alpha value is -0.220. The lowest BCUT2D eigenvalue weighted by atomic mass is 10.2. The van der Waals surface area contributed by atoms with Gasteiger partial charge in [-0.25, -0.2) is 0 Å².